The summed E-state index contributed by atoms with van der Waals surface area (Å²) in [6.07, 6.45) is 6.73. The average Bonchev–Trinajstić information content (AvgIpc) is 2.19. The molecule has 0 amide bonds. The predicted molar refractivity (Wildman–Crippen MR) is 60.5 cm³/mol. The predicted octanol–water partition coefficient (Wildman–Crippen LogP) is 2.58. The van der Waals surface area contributed by atoms with Gasteiger partial charge in [-0.15, -0.1) is 0 Å². The first-order chi connectivity index (χ1) is 6.77. The van der Waals surface area contributed by atoms with E-state index in [4.69, 9.17) is 4.74 Å². The first-order valence-corrected chi connectivity index (χ1v) is 6.06. The number of nitrogens with one attached hydrogen (secondary N) is 1. The monoisotopic (exact) mass is 199 g/mol. The zero-order chi connectivity index (χ0) is 10.4. The Labute approximate surface area is 88.4 Å². The average molecular weight is 199 g/mol. The lowest BCUT2D eigenvalue weighted by Gasteiger charge is -2.34. The topological polar surface area (TPSA) is 21.3 Å². The Bertz CT molecular complexity index is 149. The molecule has 0 aromatic rings. The van der Waals surface area contributed by atoms with Crippen LogP contribution in [0.4, 0.5) is 0 Å². The molecule has 0 saturated heterocycles. The molecule has 14 heavy (non-hydrogen) atoms. The van der Waals surface area contributed by atoms with Crippen LogP contribution in [0.3, 0.4) is 0 Å². The third-order valence-corrected chi connectivity index (χ3v) is 3.25. The summed E-state index contributed by atoms with van der Waals surface area (Å²) in [4.78, 5) is 0. The van der Waals surface area contributed by atoms with E-state index >= 15 is 0 Å². The van der Waals surface area contributed by atoms with Crippen molar-refractivity contribution in [3.05, 3.63) is 0 Å². The van der Waals surface area contributed by atoms with Crippen molar-refractivity contribution >= 4 is 0 Å². The molecule has 1 aliphatic carbocycles. The Kier molecular flexibility index (Phi) is 5.49. The molecule has 0 aliphatic heterocycles. The van der Waals surface area contributed by atoms with E-state index < -0.39 is 0 Å². The second-order valence-corrected chi connectivity index (χ2v) is 4.58. The number of rotatable bonds is 5. The van der Waals surface area contributed by atoms with E-state index in [1.165, 1.54) is 32.1 Å². The maximum absolute atomic E-state index is 5.93. The van der Waals surface area contributed by atoms with E-state index in [1.54, 1.807) is 0 Å². The van der Waals surface area contributed by atoms with Gasteiger partial charge in [-0.25, -0.2) is 0 Å². The van der Waals surface area contributed by atoms with Crippen LogP contribution >= 0.6 is 0 Å². The number of hydrogen-bond acceptors (Lipinski definition) is 2. The van der Waals surface area contributed by atoms with Crippen LogP contribution < -0.4 is 5.32 Å². The third kappa shape index (κ3) is 3.58. The molecule has 1 fully saturated rings. The zero-order valence-electron chi connectivity index (χ0n) is 9.88. The number of ether oxygens (including phenoxy) is 1. The molecule has 0 bridgehead atoms. The van der Waals surface area contributed by atoms with Crippen molar-refractivity contribution in [3.63, 3.8) is 0 Å². The van der Waals surface area contributed by atoms with Crippen LogP contribution in [0.2, 0.25) is 0 Å². The highest BCUT2D eigenvalue weighted by Gasteiger charge is 2.27. The van der Waals surface area contributed by atoms with Crippen molar-refractivity contribution in [1.29, 1.82) is 0 Å². The molecule has 0 heterocycles. The van der Waals surface area contributed by atoms with Gasteiger partial charge in [0.25, 0.3) is 0 Å². The zero-order valence-corrected chi connectivity index (χ0v) is 9.88. The summed E-state index contributed by atoms with van der Waals surface area (Å²) in [7, 11) is 2.05. The molecule has 0 radical (unpaired) electrons. The first-order valence-electron chi connectivity index (χ1n) is 6.06. The molecule has 2 heteroatoms. The van der Waals surface area contributed by atoms with Gasteiger partial charge in [0, 0.05) is 12.6 Å². The Morgan fingerprint density at radius 1 is 1.36 bits per heavy atom. The van der Waals surface area contributed by atoms with Gasteiger partial charge in [-0.05, 0) is 38.6 Å². The molecule has 3 unspecified atom stereocenters. The summed E-state index contributed by atoms with van der Waals surface area (Å²) in [5, 5.41) is 3.38. The van der Waals surface area contributed by atoms with Gasteiger partial charge in [0.2, 0.25) is 0 Å². The van der Waals surface area contributed by atoms with Crippen LogP contribution in [0.15, 0.2) is 0 Å². The van der Waals surface area contributed by atoms with Crippen molar-refractivity contribution in [2.24, 2.45) is 5.92 Å². The Morgan fingerprint density at radius 2 is 2.14 bits per heavy atom. The van der Waals surface area contributed by atoms with Gasteiger partial charge in [0.15, 0.2) is 0 Å². The smallest absolute Gasteiger partial charge is 0.0730 e. The number of hydrogen-bond donors (Lipinski definition) is 1. The standard InChI is InChI=1S/C12H25NO/c1-4-5-8-14-12-9-10(2)6-7-11(12)13-3/h10-13H,4-9H2,1-3H3. The van der Waals surface area contributed by atoms with E-state index in [1.807, 2.05) is 0 Å². The second-order valence-electron chi connectivity index (χ2n) is 4.58. The third-order valence-electron chi connectivity index (χ3n) is 3.25. The highest BCUT2D eigenvalue weighted by atomic mass is 16.5. The van der Waals surface area contributed by atoms with E-state index in [2.05, 4.69) is 26.2 Å². The number of likely N-dealkylation sites (N-methyl/N-ethyl adjacent to an activating group) is 1. The molecule has 1 N–H and O–H groups in total. The summed E-state index contributed by atoms with van der Waals surface area (Å²) >= 11 is 0. The van der Waals surface area contributed by atoms with Crippen molar-refractivity contribution in [2.75, 3.05) is 13.7 Å². The summed E-state index contributed by atoms with van der Waals surface area (Å²) in [6, 6.07) is 0.586. The minimum atomic E-state index is 0.454. The lowest BCUT2D eigenvalue weighted by atomic mass is 9.85. The summed E-state index contributed by atoms with van der Waals surface area (Å²) in [5.74, 6) is 0.839. The minimum Gasteiger partial charge on any atom is -0.377 e. The van der Waals surface area contributed by atoms with Crippen LogP contribution in [-0.4, -0.2) is 25.8 Å². The maximum atomic E-state index is 5.93. The lowest BCUT2D eigenvalue weighted by molar-refractivity contribution is -0.00674. The highest BCUT2D eigenvalue weighted by molar-refractivity contribution is 4.83. The van der Waals surface area contributed by atoms with Gasteiger partial charge in [-0.3, -0.25) is 0 Å². The van der Waals surface area contributed by atoms with Gasteiger partial charge in [0.1, 0.15) is 0 Å². The molecule has 1 saturated carbocycles. The molecule has 0 aromatic heterocycles. The normalized spacial score (nSPS) is 33.2. The van der Waals surface area contributed by atoms with Crippen molar-refractivity contribution in [3.8, 4) is 0 Å². The number of unbranched alkanes of at least 4 members (excludes halogenated alkanes) is 1. The summed E-state index contributed by atoms with van der Waals surface area (Å²) < 4.78 is 5.93. The van der Waals surface area contributed by atoms with Gasteiger partial charge >= 0.3 is 0 Å². The van der Waals surface area contributed by atoms with E-state index in [0.717, 1.165) is 12.5 Å². The molecule has 2 nitrogen and oxygen atoms in total. The quantitative estimate of drug-likeness (QED) is 0.687. The molecular formula is C12H25NO. The van der Waals surface area contributed by atoms with Crippen LogP contribution in [0.25, 0.3) is 0 Å². The molecule has 0 aromatic carbocycles. The van der Waals surface area contributed by atoms with Crippen LogP contribution in [0.1, 0.15) is 46.0 Å². The Morgan fingerprint density at radius 3 is 2.79 bits per heavy atom. The Hall–Kier alpha value is -0.0800. The van der Waals surface area contributed by atoms with Crippen LogP contribution in [-0.2, 0) is 4.74 Å². The molecule has 1 aliphatic rings. The summed E-state index contributed by atoms with van der Waals surface area (Å²) in [6.45, 7) is 5.48. The van der Waals surface area contributed by atoms with Crippen LogP contribution in [0, 0.1) is 5.92 Å². The second kappa shape index (κ2) is 6.41. The SMILES string of the molecule is CCCCOC1CC(C)CCC1NC. The van der Waals surface area contributed by atoms with Gasteiger partial charge in [-0.2, -0.15) is 0 Å². The van der Waals surface area contributed by atoms with E-state index in [9.17, 15) is 0 Å². The first kappa shape index (κ1) is 12.0. The fraction of sp³-hybridized carbons (Fsp3) is 1.00. The molecular weight excluding hydrogens is 174 g/mol. The molecule has 3 atom stereocenters. The molecule has 84 valence electrons. The molecule has 1 rings (SSSR count). The fourth-order valence-electron chi connectivity index (χ4n) is 2.22. The van der Waals surface area contributed by atoms with Crippen molar-refractivity contribution < 1.29 is 4.74 Å². The minimum absolute atomic E-state index is 0.454. The molecule has 0 spiro atoms. The fourth-order valence-corrected chi connectivity index (χ4v) is 2.22. The van der Waals surface area contributed by atoms with Gasteiger partial charge in [-0.1, -0.05) is 20.3 Å². The van der Waals surface area contributed by atoms with Crippen LogP contribution in [0.5, 0.6) is 0 Å². The van der Waals surface area contributed by atoms with Gasteiger partial charge < -0.3 is 10.1 Å². The largest absolute Gasteiger partial charge is 0.377 e. The van der Waals surface area contributed by atoms with E-state index in [-0.39, 0.29) is 0 Å². The Balaban J connectivity index is 2.29. The maximum Gasteiger partial charge on any atom is 0.0730 e. The summed E-state index contributed by atoms with van der Waals surface area (Å²) in [5.41, 5.74) is 0. The van der Waals surface area contributed by atoms with Gasteiger partial charge in [0.05, 0.1) is 6.10 Å². The van der Waals surface area contributed by atoms with E-state index in [0.29, 0.717) is 12.1 Å². The lowest BCUT2D eigenvalue weighted by Crippen LogP contribution is -2.43. The van der Waals surface area contributed by atoms with Crippen molar-refractivity contribution in [1.82, 2.24) is 5.32 Å². The van der Waals surface area contributed by atoms with Crippen molar-refractivity contribution in [2.45, 2.75) is 58.1 Å². The highest BCUT2D eigenvalue weighted by Crippen LogP contribution is 2.26.